The number of hydrogen-bond acceptors (Lipinski definition) is 1. The van der Waals surface area contributed by atoms with Gasteiger partial charge in [-0.15, -0.1) is 13.2 Å². The highest BCUT2D eigenvalue weighted by Crippen LogP contribution is 2.50. The molecule has 0 bridgehead atoms. The summed E-state index contributed by atoms with van der Waals surface area (Å²) in [6.45, 7) is 0. The molecule has 0 aliphatic carbocycles. The number of ether oxygens (including phenoxy) is 1. The Balaban J connectivity index is 2.12. The zero-order chi connectivity index (χ0) is 27.1. The van der Waals surface area contributed by atoms with E-state index in [0.717, 1.165) is 12.1 Å². The molecule has 0 amide bonds. The molecule has 192 valence electrons. The third kappa shape index (κ3) is 5.66. The molecule has 0 unspecified atom stereocenters. The van der Waals surface area contributed by atoms with E-state index in [2.05, 4.69) is 4.74 Å². The zero-order valence-corrected chi connectivity index (χ0v) is 20.4. The fourth-order valence-corrected chi connectivity index (χ4v) is 4.57. The summed E-state index contributed by atoms with van der Waals surface area (Å²) < 4.78 is 98.5. The van der Waals surface area contributed by atoms with Crippen LogP contribution in [0.15, 0.2) is 72.8 Å². The van der Waals surface area contributed by atoms with Gasteiger partial charge in [0.2, 0.25) is 0 Å². The molecule has 0 heterocycles. The van der Waals surface area contributed by atoms with Crippen molar-refractivity contribution < 1.29 is 35.5 Å². The molecule has 11 heteroatoms. The van der Waals surface area contributed by atoms with Gasteiger partial charge in [-0.05, 0) is 46.5 Å². The van der Waals surface area contributed by atoms with E-state index in [-0.39, 0.29) is 37.3 Å². The molecule has 0 saturated carbocycles. The van der Waals surface area contributed by atoms with E-state index in [4.69, 9.17) is 34.8 Å². The first-order chi connectivity index (χ1) is 17.3. The molecule has 37 heavy (non-hydrogen) atoms. The second-order valence-corrected chi connectivity index (χ2v) is 8.86. The van der Waals surface area contributed by atoms with E-state index >= 15 is 0 Å². The van der Waals surface area contributed by atoms with Gasteiger partial charge in [0, 0.05) is 11.1 Å². The molecule has 0 atom stereocenters. The first-order valence-corrected chi connectivity index (χ1v) is 11.4. The van der Waals surface area contributed by atoms with Crippen LogP contribution in [0.2, 0.25) is 15.1 Å². The van der Waals surface area contributed by atoms with Gasteiger partial charge in [-0.1, -0.05) is 83.3 Å². The van der Waals surface area contributed by atoms with Crippen LogP contribution >= 0.6 is 34.8 Å². The highest BCUT2D eigenvalue weighted by molar-refractivity contribution is 6.49. The summed E-state index contributed by atoms with van der Waals surface area (Å²) in [7, 11) is 0. The monoisotopic (exact) mass is 578 g/mol. The van der Waals surface area contributed by atoms with Gasteiger partial charge in [-0.2, -0.15) is 13.2 Å². The maximum absolute atomic E-state index is 14.0. The van der Waals surface area contributed by atoms with E-state index in [0.29, 0.717) is 17.7 Å². The van der Waals surface area contributed by atoms with E-state index in [1.165, 1.54) is 18.2 Å². The Kier molecular flexibility index (Phi) is 7.38. The zero-order valence-electron chi connectivity index (χ0n) is 18.1. The number of rotatable bonds is 4. The molecule has 0 N–H and O–H groups in total. The lowest BCUT2D eigenvalue weighted by molar-refractivity contribution is -0.274. The molecule has 0 saturated heterocycles. The van der Waals surface area contributed by atoms with Gasteiger partial charge in [0.25, 0.3) is 0 Å². The van der Waals surface area contributed by atoms with Crippen LogP contribution in [0.1, 0.15) is 5.56 Å². The summed E-state index contributed by atoms with van der Waals surface area (Å²) >= 11 is 19.0. The van der Waals surface area contributed by atoms with Crippen molar-refractivity contribution in [2.24, 2.45) is 0 Å². The highest BCUT2D eigenvalue weighted by atomic mass is 35.5. The average molecular weight is 580 g/mol. The van der Waals surface area contributed by atoms with Crippen molar-refractivity contribution in [2.45, 2.75) is 12.5 Å². The second kappa shape index (κ2) is 10.1. The summed E-state index contributed by atoms with van der Waals surface area (Å²) in [6, 6.07) is 15.1. The van der Waals surface area contributed by atoms with Gasteiger partial charge in [-0.3, -0.25) is 0 Å². The summed E-state index contributed by atoms with van der Waals surface area (Å²) in [5.41, 5.74) is -1.52. The lowest BCUT2D eigenvalue weighted by Crippen LogP contribution is -2.18. The molecule has 4 rings (SSSR count). The minimum absolute atomic E-state index is 0.0131. The van der Waals surface area contributed by atoms with Crippen LogP contribution in [0.4, 0.5) is 30.7 Å². The van der Waals surface area contributed by atoms with Crippen molar-refractivity contribution >= 4 is 34.8 Å². The lowest BCUT2D eigenvalue weighted by atomic mass is 9.88. The van der Waals surface area contributed by atoms with E-state index < -0.39 is 35.2 Å². The topological polar surface area (TPSA) is 9.23 Å². The molecule has 0 aliphatic rings. The molecule has 0 fully saturated rings. The van der Waals surface area contributed by atoms with Crippen LogP contribution in [0.3, 0.4) is 0 Å². The second-order valence-electron chi connectivity index (χ2n) is 7.69. The first kappa shape index (κ1) is 27.1. The van der Waals surface area contributed by atoms with Crippen LogP contribution in [-0.2, 0) is 6.18 Å². The van der Waals surface area contributed by atoms with Gasteiger partial charge < -0.3 is 4.74 Å². The van der Waals surface area contributed by atoms with Crippen LogP contribution in [-0.4, -0.2) is 6.36 Å². The Hall–Kier alpha value is -2.94. The van der Waals surface area contributed by atoms with Gasteiger partial charge >= 0.3 is 12.5 Å². The van der Waals surface area contributed by atoms with E-state index in [1.807, 2.05) is 0 Å². The number of halogens is 10. The largest absolute Gasteiger partial charge is 0.573 e. The normalized spacial score (nSPS) is 12.1. The average Bonchev–Trinajstić information content (AvgIpc) is 2.81. The summed E-state index contributed by atoms with van der Waals surface area (Å²) in [4.78, 5) is 0. The summed E-state index contributed by atoms with van der Waals surface area (Å²) in [5, 5.41) is -0.112. The molecule has 0 spiro atoms. The Bertz CT molecular complexity index is 1470. The number of hydrogen-bond donors (Lipinski definition) is 0. The summed E-state index contributed by atoms with van der Waals surface area (Å²) in [6.07, 6.45) is -10.3. The van der Waals surface area contributed by atoms with Gasteiger partial charge in [-0.25, -0.2) is 4.39 Å². The predicted octanol–water partition coefficient (Wildman–Crippen LogP) is 10.7. The first-order valence-electron chi connectivity index (χ1n) is 10.3. The molecule has 0 aromatic heterocycles. The SMILES string of the molecule is Fc1ccc(-c2c(OC(F)(F)F)cccc2-c2cc(Cl)c(Cl)c(Cl)c2-c2ccccc2)cc1C(F)(F)F. The van der Waals surface area contributed by atoms with Crippen LogP contribution in [0.25, 0.3) is 33.4 Å². The van der Waals surface area contributed by atoms with Crippen LogP contribution < -0.4 is 4.74 Å². The molecule has 1 nitrogen and oxygen atoms in total. The standard InChI is InChI=1S/C26H12Cl3F7O/c27-18-12-16(22(24(29)23(18)28)13-5-2-1-3-6-13)15-7-4-8-20(37-26(34,35)36)21(15)14-9-10-19(30)17(11-14)25(31,32)33/h1-12H. The fourth-order valence-electron chi connectivity index (χ4n) is 3.86. The van der Waals surface area contributed by atoms with Gasteiger partial charge in [0.1, 0.15) is 11.6 Å². The van der Waals surface area contributed by atoms with Crippen molar-refractivity contribution in [3.05, 3.63) is 99.2 Å². The molecule has 4 aromatic rings. The highest BCUT2D eigenvalue weighted by Gasteiger charge is 2.36. The van der Waals surface area contributed by atoms with E-state index in [1.54, 1.807) is 30.3 Å². The molecular formula is C26H12Cl3F7O. The van der Waals surface area contributed by atoms with Gasteiger partial charge in [0.05, 0.1) is 20.6 Å². The molecular weight excluding hydrogens is 568 g/mol. The van der Waals surface area contributed by atoms with Crippen molar-refractivity contribution in [1.29, 1.82) is 0 Å². The fraction of sp³-hybridized carbons (Fsp3) is 0.0769. The number of benzene rings is 4. The third-order valence-electron chi connectivity index (χ3n) is 5.33. The lowest BCUT2D eigenvalue weighted by Gasteiger charge is -2.21. The molecule has 0 aliphatic heterocycles. The molecule has 4 aromatic carbocycles. The van der Waals surface area contributed by atoms with Crippen LogP contribution in [0.5, 0.6) is 5.75 Å². The predicted molar refractivity (Wildman–Crippen MR) is 129 cm³/mol. The van der Waals surface area contributed by atoms with Crippen molar-refractivity contribution in [2.75, 3.05) is 0 Å². The van der Waals surface area contributed by atoms with E-state index in [9.17, 15) is 30.7 Å². The minimum Gasteiger partial charge on any atom is -0.405 e. The maximum atomic E-state index is 14.0. The maximum Gasteiger partial charge on any atom is 0.573 e. The third-order valence-corrected chi connectivity index (χ3v) is 6.59. The number of alkyl halides is 6. The Morgan fingerprint density at radius 3 is 1.92 bits per heavy atom. The van der Waals surface area contributed by atoms with Crippen molar-refractivity contribution in [1.82, 2.24) is 0 Å². The Morgan fingerprint density at radius 1 is 0.622 bits per heavy atom. The van der Waals surface area contributed by atoms with Crippen molar-refractivity contribution in [3.63, 3.8) is 0 Å². The smallest absolute Gasteiger partial charge is 0.405 e. The Labute approximate surface area is 221 Å². The molecule has 0 radical (unpaired) electrons. The van der Waals surface area contributed by atoms with Gasteiger partial charge in [0.15, 0.2) is 0 Å². The summed E-state index contributed by atoms with van der Waals surface area (Å²) in [5.74, 6) is -2.40. The van der Waals surface area contributed by atoms with Crippen molar-refractivity contribution in [3.8, 4) is 39.1 Å². The Morgan fingerprint density at radius 2 is 1.30 bits per heavy atom. The van der Waals surface area contributed by atoms with Crippen LogP contribution in [0, 0.1) is 5.82 Å². The minimum atomic E-state index is -5.18. The quantitative estimate of drug-likeness (QED) is 0.173.